The molecule has 2 aromatic carbocycles. The molecule has 0 aliphatic heterocycles. The zero-order chi connectivity index (χ0) is 14.5. The summed E-state index contributed by atoms with van der Waals surface area (Å²) in [6.45, 7) is 0.835. The Morgan fingerprint density at radius 2 is 1.65 bits per heavy atom. The van der Waals surface area contributed by atoms with Crippen molar-refractivity contribution < 1.29 is 0 Å². The smallest absolute Gasteiger partial charge is 0.0453 e. The van der Waals surface area contributed by atoms with Crippen molar-refractivity contribution in [3.05, 3.63) is 68.7 Å². The van der Waals surface area contributed by atoms with E-state index in [1.165, 1.54) is 5.56 Å². The van der Waals surface area contributed by atoms with Crippen LogP contribution >= 0.6 is 34.8 Å². The van der Waals surface area contributed by atoms with E-state index in [1.807, 2.05) is 43.4 Å². The summed E-state index contributed by atoms with van der Waals surface area (Å²) in [4.78, 5) is 0. The van der Waals surface area contributed by atoms with Crippen molar-refractivity contribution >= 4 is 34.8 Å². The summed E-state index contributed by atoms with van der Waals surface area (Å²) in [6.07, 6.45) is 0.777. The number of benzene rings is 2. The van der Waals surface area contributed by atoms with Crippen molar-refractivity contribution in [2.75, 3.05) is 13.6 Å². The van der Waals surface area contributed by atoms with Gasteiger partial charge < -0.3 is 5.32 Å². The Bertz CT molecular complexity index is 563. The monoisotopic (exact) mass is 327 g/mol. The lowest BCUT2D eigenvalue weighted by molar-refractivity contribution is 0.626. The number of hydrogen-bond acceptors (Lipinski definition) is 1. The van der Waals surface area contributed by atoms with Gasteiger partial charge in [0.15, 0.2) is 0 Å². The van der Waals surface area contributed by atoms with Gasteiger partial charge in [-0.25, -0.2) is 0 Å². The van der Waals surface area contributed by atoms with Crippen LogP contribution in [0.4, 0.5) is 0 Å². The molecule has 2 aromatic rings. The highest BCUT2D eigenvalue weighted by molar-refractivity contribution is 6.36. The van der Waals surface area contributed by atoms with E-state index in [0.717, 1.165) is 23.6 Å². The summed E-state index contributed by atoms with van der Waals surface area (Å²) in [7, 11) is 1.94. The zero-order valence-corrected chi connectivity index (χ0v) is 13.4. The summed E-state index contributed by atoms with van der Waals surface area (Å²) in [5.41, 5.74) is 2.17. The van der Waals surface area contributed by atoms with Crippen LogP contribution in [-0.2, 0) is 6.42 Å². The normalized spacial score (nSPS) is 12.4. The quantitative estimate of drug-likeness (QED) is 0.796. The largest absolute Gasteiger partial charge is 0.319 e. The molecule has 0 saturated carbocycles. The van der Waals surface area contributed by atoms with E-state index in [0.29, 0.717) is 10.0 Å². The Hall–Kier alpha value is -0.730. The lowest BCUT2D eigenvalue weighted by Crippen LogP contribution is -2.19. The molecule has 0 fully saturated rings. The average molecular weight is 329 g/mol. The van der Waals surface area contributed by atoms with Gasteiger partial charge in [0.1, 0.15) is 0 Å². The van der Waals surface area contributed by atoms with Gasteiger partial charge >= 0.3 is 0 Å². The zero-order valence-electron chi connectivity index (χ0n) is 11.2. The number of likely N-dealkylation sites (N-methyl/N-ethyl adjacent to an activating group) is 1. The van der Waals surface area contributed by atoms with E-state index in [1.54, 1.807) is 0 Å². The topological polar surface area (TPSA) is 12.0 Å². The van der Waals surface area contributed by atoms with Crippen LogP contribution in [0, 0.1) is 0 Å². The molecule has 106 valence electrons. The van der Waals surface area contributed by atoms with E-state index in [2.05, 4.69) is 11.4 Å². The number of hydrogen-bond donors (Lipinski definition) is 1. The maximum absolute atomic E-state index is 6.26. The van der Waals surface area contributed by atoms with Gasteiger partial charge in [-0.2, -0.15) is 0 Å². The molecule has 0 aliphatic carbocycles. The molecule has 0 bridgehead atoms. The summed E-state index contributed by atoms with van der Waals surface area (Å²) >= 11 is 18.6. The van der Waals surface area contributed by atoms with Crippen LogP contribution in [-0.4, -0.2) is 13.6 Å². The van der Waals surface area contributed by atoms with Crippen LogP contribution < -0.4 is 5.32 Å². The van der Waals surface area contributed by atoms with Gasteiger partial charge in [-0.3, -0.25) is 0 Å². The van der Waals surface area contributed by atoms with Gasteiger partial charge in [-0.05, 0) is 48.9 Å². The van der Waals surface area contributed by atoms with Crippen molar-refractivity contribution in [2.45, 2.75) is 12.3 Å². The van der Waals surface area contributed by atoms with E-state index < -0.39 is 0 Å². The van der Waals surface area contributed by atoms with Crippen LogP contribution in [0.25, 0.3) is 0 Å². The second-order valence-corrected chi connectivity index (χ2v) is 5.96. The molecule has 0 radical (unpaired) electrons. The molecule has 0 saturated heterocycles. The molecular formula is C16H16Cl3N. The SMILES string of the molecule is CNCC(Cc1c(Cl)cccc1Cl)c1cccc(Cl)c1. The number of rotatable bonds is 5. The minimum atomic E-state index is 0.274. The van der Waals surface area contributed by atoms with Crippen LogP contribution in [0.1, 0.15) is 17.0 Å². The van der Waals surface area contributed by atoms with E-state index >= 15 is 0 Å². The molecule has 20 heavy (non-hydrogen) atoms. The van der Waals surface area contributed by atoms with Crippen molar-refractivity contribution in [3.8, 4) is 0 Å². The highest BCUT2D eigenvalue weighted by Gasteiger charge is 2.16. The van der Waals surface area contributed by atoms with Crippen molar-refractivity contribution in [1.29, 1.82) is 0 Å². The molecule has 1 nitrogen and oxygen atoms in total. The maximum Gasteiger partial charge on any atom is 0.0453 e. The fourth-order valence-corrected chi connectivity index (χ4v) is 3.04. The lowest BCUT2D eigenvalue weighted by Gasteiger charge is -2.19. The third-order valence-electron chi connectivity index (χ3n) is 3.28. The second-order valence-electron chi connectivity index (χ2n) is 4.71. The van der Waals surface area contributed by atoms with Gasteiger partial charge in [-0.1, -0.05) is 53.0 Å². The predicted molar refractivity (Wildman–Crippen MR) is 88.3 cm³/mol. The molecule has 0 aliphatic rings. The first-order chi connectivity index (χ1) is 9.61. The molecule has 1 unspecified atom stereocenters. The summed E-state index contributed by atoms with van der Waals surface area (Å²) in [6, 6.07) is 13.5. The minimum absolute atomic E-state index is 0.274. The standard InChI is InChI=1S/C16H16Cl3N/c1-20-10-12(11-4-2-5-13(17)8-11)9-14-15(18)6-3-7-16(14)19/h2-8,12,20H,9-10H2,1H3. The highest BCUT2D eigenvalue weighted by atomic mass is 35.5. The molecular weight excluding hydrogens is 313 g/mol. The fraction of sp³-hybridized carbons (Fsp3) is 0.250. The van der Waals surface area contributed by atoms with Crippen molar-refractivity contribution in [2.24, 2.45) is 0 Å². The average Bonchev–Trinajstić information content (AvgIpc) is 2.42. The molecule has 1 atom stereocenters. The summed E-state index contributed by atoms with van der Waals surface area (Å²) < 4.78 is 0. The van der Waals surface area contributed by atoms with Gasteiger partial charge in [0.25, 0.3) is 0 Å². The highest BCUT2D eigenvalue weighted by Crippen LogP contribution is 2.30. The molecule has 2 rings (SSSR count). The fourth-order valence-electron chi connectivity index (χ4n) is 2.29. The van der Waals surface area contributed by atoms with E-state index in [4.69, 9.17) is 34.8 Å². The third kappa shape index (κ3) is 3.89. The first-order valence-corrected chi connectivity index (χ1v) is 7.58. The van der Waals surface area contributed by atoms with Gasteiger partial charge in [-0.15, -0.1) is 0 Å². The van der Waals surface area contributed by atoms with E-state index in [9.17, 15) is 0 Å². The summed E-state index contributed by atoms with van der Waals surface area (Å²) in [5, 5.41) is 5.38. The molecule has 0 aromatic heterocycles. The Labute approximate surface area is 134 Å². The Morgan fingerprint density at radius 3 is 2.25 bits per heavy atom. The Balaban J connectivity index is 2.30. The minimum Gasteiger partial charge on any atom is -0.319 e. The molecule has 0 spiro atoms. The van der Waals surface area contributed by atoms with Crippen molar-refractivity contribution in [1.82, 2.24) is 5.32 Å². The predicted octanol–water partition coefficient (Wildman–Crippen LogP) is 5.19. The van der Waals surface area contributed by atoms with Gasteiger partial charge in [0, 0.05) is 27.5 Å². The number of nitrogens with one attached hydrogen (secondary N) is 1. The lowest BCUT2D eigenvalue weighted by atomic mass is 9.92. The maximum atomic E-state index is 6.26. The molecule has 0 amide bonds. The van der Waals surface area contributed by atoms with Crippen LogP contribution in [0.5, 0.6) is 0 Å². The first kappa shape index (κ1) is 15.7. The van der Waals surface area contributed by atoms with E-state index in [-0.39, 0.29) is 5.92 Å². The second kappa shape index (κ2) is 7.33. The van der Waals surface area contributed by atoms with Gasteiger partial charge in [0.05, 0.1) is 0 Å². The van der Waals surface area contributed by atoms with Crippen molar-refractivity contribution in [3.63, 3.8) is 0 Å². The molecule has 0 heterocycles. The molecule has 4 heteroatoms. The van der Waals surface area contributed by atoms with Crippen LogP contribution in [0.15, 0.2) is 42.5 Å². The van der Waals surface area contributed by atoms with Crippen LogP contribution in [0.2, 0.25) is 15.1 Å². The third-order valence-corrected chi connectivity index (χ3v) is 4.23. The first-order valence-electron chi connectivity index (χ1n) is 6.44. The molecule has 1 N–H and O–H groups in total. The Kier molecular flexibility index (Phi) is 5.74. The Morgan fingerprint density at radius 1 is 1.00 bits per heavy atom. The van der Waals surface area contributed by atoms with Crippen LogP contribution in [0.3, 0.4) is 0 Å². The van der Waals surface area contributed by atoms with Gasteiger partial charge in [0.2, 0.25) is 0 Å². The summed E-state index contributed by atoms with van der Waals surface area (Å²) in [5.74, 6) is 0.274. The number of halogens is 3.